The smallest absolute Gasteiger partial charge is 0.248 e. The summed E-state index contributed by atoms with van der Waals surface area (Å²) in [6.45, 7) is 1.73. The van der Waals surface area contributed by atoms with Crippen molar-refractivity contribution in [3.63, 3.8) is 0 Å². The molecule has 0 saturated heterocycles. The summed E-state index contributed by atoms with van der Waals surface area (Å²) >= 11 is 1.72. The van der Waals surface area contributed by atoms with Gasteiger partial charge in [0.15, 0.2) is 0 Å². The maximum Gasteiger partial charge on any atom is 0.248 e. The first-order valence-electron chi connectivity index (χ1n) is 10.1. The molecular weight excluding hydrogens is 447 g/mol. The van der Waals surface area contributed by atoms with E-state index in [-0.39, 0.29) is 12.1 Å². The normalized spacial score (nSPS) is 12.2. The number of sulfonamides is 1. The van der Waals surface area contributed by atoms with E-state index in [1.54, 1.807) is 30.8 Å². The Hall–Kier alpha value is -2.84. The molecule has 0 aliphatic carbocycles. The van der Waals surface area contributed by atoms with Crippen LogP contribution in [-0.4, -0.2) is 26.6 Å². The number of carbonyl (C=O) groups excluding carboxylic acids is 1. The van der Waals surface area contributed by atoms with Crippen LogP contribution >= 0.6 is 11.8 Å². The molecule has 0 bridgehead atoms. The van der Waals surface area contributed by atoms with Gasteiger partial charge in [-0.2, -0.15) is 0 Å². The van der Waals surface area contributed by atoms with Gasteiger partial charge in [-0.1, -0.05) is 37.3 Å². The third-order valence-electron chi connectivity index (χ3n) is 4.78. The van der Waals surface area contributed by atoms with E-state index in [1.165, 1.54) is 29.2 Å². The lowest BCUT2D eigenvalue weighted by Gasteiger charge is -2.30. The number of amides is 1. The quantitative estimate of drug-likeness (QED) is 0.429. The minimum absolute atomic E-state index is 0.240. The largest absolute Gasteiger partial charge is 0.324 e. The number of halogens is 1. The molecule has 168 valence electrons. The maximum absolute atomic E-state index is 13.3. The Labute approximate surface area is 192 Å². The molecule has 0 unspecified atom stereocenters. The lowest BCUT2D eigenvalue weighted by molar-refractivity contribution is -0.117. The van der Waals surface area contributed by atoms with Crippen LogP contribution in [0, 0.1) is 5.82 Å². The molecule has 0 aliphatic heterocycles. The zero-order valence-electron chi connectivity index (χ0n) is 17.9. The molecule has 0 saturated carbocycles. The Morgan fingerprint density at radius 3 is 2.19 bits per heavy atom. The molecule has 0 spiro atoms. The highest BCUT2D eigenvalue weighted by atomic mass is 32.2. The van der Waals surface area contributed by atoms with E-state index in [0.29, 0.717) is 5.69 Å². The topological polar surface area (TPSA) is 66.5 Å². The van der Waals surface area contributed by atoms with Gasteiger partial charge in [0.2, 0.25) is 15.9 Å². The molecule has 8 heteroatoms. The molecule has 3 aromatic rings. The molecule has 0 aliphatic rings. The van der Waals surface area contributed by atoms with Crippen LogP contribution in [0.4, 0.5) is 15.8 Å². The third kappa shape index (κ3) is 6.34. The lowest BCUT2D eigenvalue weighted by atomic mass is 10.1. The number of hydrogen-bond acceptors (Lipinski definition) is 4. The van der Waals surface area contributed by atoms with Crippen molar-refractivity contribution < 1.29 is 17.6 Å². The number of nitrogens with one attached hydrogen (secondary N) is 1. The van der Waals surface area contributed by atoms with Gasteiger partial charge in [-0.15, -0.1) is 11.8 Å². The molecule has 3 aromatic carbocycles. The summed E-state index contributed by atoms with van der Waals surface area (Å²) in [6.07, 6.45) is 1.29. The number of rotatable bonds is 9. The Morgan fingerprint density at radius 1 is 1.00 bits per heavy atom. The highest BCUT2D eigenvalue weighted by Gasteiger charge is 2.31. The van der Waals surface area contributed by atoms with Crippen molar-refractivity contribution in [3.05, 3.63) is 90.2 Å². The first-order valence-corrected chi connectivity index (χ1v) is 12.9. The highest BCUT2D eigenvalue weighted by molar-refractivity contribution is 7.98. The molecule has 5 nitrogen and oxygen atoms in total. The summed E-state index contributed by atoms with van der Waals surface area (Å²) in [6, 6.07) is 21.6. The Morgan fingerprint density at radius 2 is 1.62 bits per heavy atom. The summed E-state index contributed by atoms with van der Waals surface area (Å²) in [4.78, 5) is 14.2. The van der Waals surface area contributed by atoms with Crippen molar-refractivity contribution in [1.29, 1.82) is 0 Å². The van der Waals surface area contributed by atoms with E-state index in [4.69, 9.17) is 0 Å². The van der Waals surface area contributed by atoms with Crippen molar-refractivity contribution >= 4 is 39.1 Å². The number of anilines is 2. The van der Waals surface area contributed by atoms with Crippen molar-refractivity contribution in [1.82, 2.24) is 0 Å². The molecule has 32 heavy (non-hydrogen) atoms. The minimum Gasteiger partial charge on any atom is -0.324 e. The summed E-state index contributed by atoms with van der Waals surface area (Å²) in [5, 5.41) is 2.80. The Bertz CT molecular complexity index is 1140. The number of hydrogen-bond donors (Lipinski definition) is 1. The first kappa shape index (κ1) is 23.8. The Balaban J connectivity index is 1.71. The van der Waals surface area contributed by atoms with Gasteiger partial charge in [-0.05, 0) is 60.5 Å². The zero-order valence-corrected chi connectivity index (χ0v) is 19.5. The molecule has 0 fully saturated rings. The van der Waals surface area contributed by atoms with Gasteiger partial charge in [0, 0.05) is 16.3 Å². The first-order chi connectivity index (χ1) is 15.3. The second-order valence-electron chi connectivity index (χ2n) is 7.25. The van der Waals surface area contributed by atoms with Crippen molar-refractivity contribution in [2.45, 2.75) is 30.0 Å². The SMILES string of the molecule is CC[C@@H](C(=O)Nc1ccc(CSc2ccccc2)cc1)N(c1ccc(F)cc1)S(C)(=O)=O. The van der Waals surface area contributed by atoms with Gasteiger partial charge in [0.1, 0.15) is 11.9 Å². The van der Waals surface area contributed by atoms with Gasteiger partial charge >= 0.3 is 0 Å². The van der Waals surface area contributed by atoms with Crippen molar-refractivity contribution in [2.24, 2.45) is 0 Å². The fourth-order valence-electron chi connectivity index (χ4n) is 3.24. The minimum atomic E-state index is -3.77. The van der Waals surface area contributed by atoms with E-state index >= 15 is 0 Å². The monoisotopic (exact) mass is 472 g/mol. The van der Waals surface area contributed by atoms with E-state index in [1.807, 2.05) is 30.3 Å². The third-order valence-corrected chi connectivity index (χ3v) is 7.04. The highest BCUT2D eigenvalue weighted by Crippen LogP contribution is 2.25. The van der Waals surface area contributed by atoms with Crippen LogP contribution in [0.2, 0.25) is 0 Å². The summed E-state index contributed by atoms with van der Waals surface area (Å²) in [7, 11) is -3.77. The number of nitrogens with zero attached hydrogens (tertiary/aromatic N) is 1. The van der Waals surface area contributed by atoms with Crippen LogP contribution in [-0.2, 0) is 20.6 Å². The zero-order chi connectivity index (χ0) is 23.1. The van der Waals surface area contributed by atoms with Crippen LogP contribution in [0.1, 0.15) is 18.9 Å². The summed E-state index contributed by atoms with van der Waals surface area (Å²) in [5.74, 6) is -0.138. The summed E-state index contributed by atoms with van der Waals surface area (Å²) < 4.78 is 39.3. The molecule has 0 radical (unpaired) electrons. The summed E-state index contributed by atoms with van der Waals surface area (Å²) in [5.41, 5.74) is 1.92. The number of benzene rings is 3. The molecule has 1 atom stereocenters. The fourth-order valence-corrected chi connectivity index (χ4v) is 5.33. The maximum atomic E-state index is 13.3. The predicted octanol–water partition coefficient (Wildman–Crippen LogP) is 5.30. The van der Waals surface area contributed by atoms with Gasteiger partial charge in [0.25, 0.3) is 0 Å². The van der Waals surface area contributed by atoms with E-state index in [9.17, 15) is 17.6 Å². The molecule has 3 rings (SSSR count). The van der Waals surface area contributed by atoms with Gasteiger partial charge in [-0.3, -0.25) is 9.10 Å². The molecule has 1 N–H and O–H groups in total. The van der Waals surface area contributed by atoms with Gasteiger partial charge in [0.05, 0.1) is 11.9 Å². The van der Waals surface area contributed by atoms with Crippen molar-refractivity contribution in [3.8, 4) is 0 Å². The van der Waals surface area contributed by atoms with E-state index in [2.05, 4.69) is 17.4 Å². The standard InChI is InChI=1S/C24H25FN2O3S2/c1-3-23(27(32(2,29)30)21-15-11-19(25)12-16-21)24(28)26-20-13-9-18(10-14-20)17-31-22-7-5-4-6-8-22/h4-16,23H,3,17H2,1-2H3,(H,26,28)/t23-/m0/s1. The second kappa shape index (κ2) is 10.7. The number of thioether (sulfide) groups is 1. The van der Waals surface area contributed by atoms with Crippen LogP contribution in [0.3, 0.4) is 0 Å². The van der Waals surface area contributed by atoms with Gasteiger partial charge in [-0.25, -0.2) is 12.8 Å². The average Bonchev–Trinajstić information content (AvgIpc) is 2.77. The van der Waals surface area contributed by atoms with Crippen LogP contribution < -0.4 is 9.62 Å². The van der Waals surface area contributed by atoms with Gasteiger partial charge < -0.3 is 5.32 Å². The molecule has 0 heterocycles. The second-order valence-corrected chi connectivity index (χ2v) is 10.2. The van der Waals surface area contributed by atoms with E-state index in [0.717, 1.165) is 21.9 Å². The predicted molar refractivity (Wildman–Crippen MR) is 129 cm³/mol. The number of carbonyl (C=O) groups is 1. The molecular formula is C24H25FN2O3S2. The average molecular weight is 473 g/mol. The van der Waals surface area contributed by atoms with Crippen LogP contribution in [0.25, 0.3) is 0 Å². The van der Waals surface area contributed by atoms with Crippen LogP contribution in [0.15, 0.2) is 83.8 Å². The Kier molecular flexibility index (Phi) is 7.93. The van der Waals surface area contributed by atoms with E-state index < -0.39 is 27.8 Å². The van der Waals surface area contributed by atoms with Crippen LogP contribution in [0.5, 0.6) is 0 Å². The fraction of sp³-hybridized carbons (Fsp3) is 0.208. The molecule has 0 aromatic heterocycles. The molecule has 1 amide bonds. The van der Waals surface area contributed by atoms with Crippen molar-refractivity contribution in [2.75, 3.05) is 15.9 Å². The lowest BCUT2D eigenvalue weighted by Crippen LogP contribution is -2.47.